The minimum Gasteiger partial charge on any atom is -0.465 e. The molecule has 2 heterocycles. The average Bonchev–Trinajstić information content (AvgIpc) is 2.88. The first-order valence-electron chi connectivity index (χ1n) is 5.86. The molecule has 0 aromatic carbocycles. The second-order valence-electron chi connectivity index (χ2n) is 4.31. The van der Waals surface area contributed by atoms with Gasteiger partial charge in [0.2, 0.25) is 5.09 Å². The van der Waals surface area contributed by atoms with E-state index < -0.39 is 16.0 Å². The predicted octanol–water partition coefficient (Wildman–Crippen LogP) is 0.470. The molecule has 0 bridgehead atoms. The molecule has 1 N–H and O–H groups in total. The number of piperazine rings is 1. The van der Waals surface area contributed by atoms with Crippen LogP contribution in [0.1, 0.15) is 17.3 Å². The van der Waals surface area contributed by atoms with Crippen LogP contribution >= 0.6 is 12.4 Å². The zero-order valence-electron chi connectivity index (χ0n) is 11.2. The van der Waals surface area contributed by atoms with Gasteiger partial charge in [-0.2, -0.15) is 4.31 Å². The fraction of sp³-hybridized carbons (Fsp3) is 0.545. The van der Waals surface area contributed by atoms with Crippen LogP contribution in [0.15, 0.2) is 21.8 Å². The second kappa shape index (κ2) is 6.57. The van der Waals surface area contributed by atoms with Crippen molar-refractivity contribution >= 4 is 28.4 Å². The molecule has 2 rings (SSSR count). The molecule has 1 aliphatic rings. The third-order valence-electron chi connectivity index (χ3n) is 3.00. The van der Waals surface area contributed by atoms with Gasteiger partial charge in [-0.3, -0.25) is 0 Å². The zero-order valence-corrected chi connectivity index (χ0v) is 12.8. The van der Waals surface area contributed by atoms with Crippen molar-refractivity contribution in [1.29, 1.82) is 0 Å². The van der Waals surface area contributed by atoms with Crippen LogP contribution in [0.2, 0.25) is 0 Å². The molecule has 0 aliphatic carbocycles. The summed E-state index contributed by atoms with van der Waals surface area (Å²) in [6.45, 7) is 3.36. The minimum atomic E-state index is -3.71. The topological polar surface area (TPSA) is 88.8 Å². The van der Waals surface area contributed by atoms with Crippen molar-refractivity contribution in [1.82, 2.24) is 9.62 Å². The van der Waals surface area contributed by atoms with E-state index in [1.807, 2.05) is 6.92 Å². The van der Waals surface area contributed by atoms with E-state index in [9.17, 15) is 13.2 Å². The summed E-state index contributed by atoms with van der Waals surface area (Å²) in [5.41, 5.74) is 0.0869. The lowest BCUT2D eigenvalue weighted by Crippen LogP contribution is -2.52. The molecule has 0 radical (unpaired) electrons. The number of hydrogen-bond acceptors (Lipinski definition) is 6. The molecule has 1 atom stereocenters. The number of furan rings is 1. The molecule has 1 saturated heterocycles. The first-order chi connectivity index (χ1) is 8.96. The van der Waals surface area contributed by atoms with Crippen LogP contribution in [0.5, 0.6) is 0 Å². The largest absolute Gasteiger partial charge is 0.465 e. The van der Waals surface area contributed by atoms with Gasteiger partial charge in [-0.1, -0.05) is 0 Å². The predicted molar refractivity (Wildman–Crippen MR) is 73.5 cm³/mol. The molecule has 1 aromatic rings. The third-order valence-corrected chi connectivity index (χ3v) is 4.88. The number of rotatable bonds is 3. The van der Waals surface area contributed by atoms with Crippen LogP contribution in [0.3, 0.4) is 0 Å². The summed E-state index contributed by atoms with van der Waals surface area (Å²) in [6, 6.07) is 1.03. The summed E-state index contributed by atoms with van der Waals surface area (Å²) in [7, 11) is -2.49. The number of methoxy groups -OCH3 is 1. The van der Waals surface area contributed by atoms with Gasteiger partial charge in [0.25, 0.3) is 10.0 Å². The molecular formula is C11H17ClN2O5S. The van der Waals surface area contributed by atoms with Crippen molar-refractivity contribution in [2.75, 3.05) is 26.7 Å². The van der Waals surface area contributed by atoms with Gasteiger partial charge in [-0.25, -0.2) is 13.2 Å². The van der Waals surface area contributed by atoms with Crippen LogP contribution in [0.4, 0.5) is 0 Å². The molecule has 114 valence electrons. The Kier molecular flexibility index (Phi) is 5.58. The molecule has 0 amide bonds. The highest BCUT2D eigenvalue weighted by Gasteiger charge is 2.33. The highest BCUT2D eigenvalue weighted by molar-refractivity contribution is 7.89. The van der Waals surface area contributed by atoms with Crippen molar-refractivity contribution in [3.63, 3.8) is 0 Å². The molecule has 0 spiro atoms. The molecule has 1 unspecified atom stereocenters. The molecule has 7 nitrogen and oxygen atoms in total. The van der Waals surface area contributed by atoms with E-state index in [-0.39, 0.29) is 29.1 Å². The van der Waals surface area contributed by atoms with Crippen LogP contribution in [0.25, 0.3) is 0 Å². The van der Waals surface area contributed by atoms with Gasteiger partial charge in [0.1, 0.15) is 6.26 Å². The molecule has 0 saturated carbocycles. The van der Waals surface area contributed by atoms with Gasteiger partial charge in [0, 0.05) is 31.7 Å². The number of halogens is 1. The van der Waals surface area contributed by atoms with Crippen LogP contribution < -0.4 is 5.32 Å². The summed E-state index contributed by atoms with van der Waals surface area (Å²) in [5.74, 6) is -0.626. The normalized spacial score (nSPS) is 20.2. The van der Waals surface area contributed by atoms with Gasteiger partial charge < -0.3 is 14.5 Å². The Morgan fingerprint density at radius 3 is 2.85 bits per heavy atom. The highest BCUT2D eigenvalue weighted by atomic mass is 35.5. The Labute approximate surface area is 123 Å². The summed E-state index contributed by atoms with van der Waals surface area (Å²) in [4.78, 5) is 11.3. The molecular weight excluding hydrogens is 308 g/mol. The van der Waals surface area contributed by atoms with Gasteiger partial charge in [-0.15, -0.1) is 12.4 Å². The van der Waals surface area contributed by atoms with Crippen LogP contribution in [-0.2, 0) is 14.8 Å². The average molecular weight is 325 g/mol. The fourth-order valence-corrected chi connectivity index (χ4v) is 3.53. The number of carbonyl (C=O) groups is 1. The van der Waals surface area contributed by atoms with Crippen LogP contribution in [-0.4, -0.2) is 51.5 Å². The van der Waals surface area contributed by atoms with E-state index >= 15 is 0 Å². The fourth-order valence-electron chi connectivity index (χ4n) is 1.97. The number of carbonyl (C=O) groups excluding carboxylic acids is 1. The zero-order chi connectivity index (χ0) is 14.0. The number of hydrogen-bond donors (Lipinski definition) is 1. The minimum absolute atomic E-state index is 0. The standard InChI is InChI=1S/C11H16N2O5S.ClH/c1-8-6-12-3-4-13(8)19(15,16)10-5-9(7-18-10)11(14)17-2;/h5,7-8,12H,3-4,6H2,1-2H3;1H. The molecule has 1 fully saturated rings. The lowest BCUT2D eigenvalue weighted by Gasteiger charge is -2.31. The van der Waals surface area contributed by atoms with Crippen LogP contribution in [0, 0.1) is 0 Å². The third kappa shape index (κ3) is 3.14. The number of nitrogens with zero attached hydrogens (tertiary/aromatic N) is 1. The Morgan fingerprint density at radius 2 is 2.25 bits per heavy atom. The Bertz CT molecular complexity index is 571. The Balaban J connectivity index is 0.00000200. The Morgan fingerprint density at radius 1 is 1.55 bits per heavy atom. The van der Waals surface area contributed by atoms with Crippen molar-refractivity contribution in [3.05, 3.63) is 17.9 Å². The monoisotopic (exact) mass is 324 g/mol. The van der Waals surface area contributed by atoms with E-state index in [0.717, 1.165) is 6.26 Å². The van der Waals surface area contributed by atoms with E-state index in [2.05, 4.69) is 10.1 Å². The summed E-state index contributed by atoms with van der Waals surface area (Å²) < 4.78 is 35.6. The maximum absolute atomic E-state index is 12.4. The van der Waals surface area contributed by atoms with Crippen molar-refractivity contribution in [2.24, 2.45) is 0 Å². The van der Waals surface area contributed by atoms with Gasteiger partial charge >= 0.3 is 5.97 Å². The van der Waals surface area contributed by atoms with Crippen molar-refractivity contribution < 1.29 is 22.4 Å². The SMILES string of the molecule is COC(=O)c1coc(S(=O)(=O)N2CCNCC2C)c1.Cl. The number of nitrogens with one attached hydrogen (secondary N) is 1. The lowest BCUT2D eigenvalue weighted by atomic mass is 10.3. The number of ether oxygens (including phenoxy) is 1. The summed E-state index contributed by atoms with van der Waals surface area (Å²) in [5, 5.41) is 2.88. The van der Waals surface area contributed by atoms with Crippen molar-refractivity contribution in [2.45, 2.75) is 18.1 Å². The first-order valence-corrected chi connectivity index (χ1v) is 7.30. The van der Waals surface area contributed by atoms with E-state index in [4.69, 9.17) is 4.42 Å². The molecule has 1 aliphatic heterocycles. The molecule has 20 heavy (non-hydrogen) atoms. The number of esters is 1. The second-order valence-corrected chi connectivity index (χ2v) is 6.14. The van der Waals surface area contributed by atoms with E-state index in [1.54, 1.807) is 0 Å². The Hall–Kier alpha value is -1.09. The maximum atomic E-state index is 12.4. The van der Waals surface area contributed by atoms with Gasteiger partial charge in [0.05, 0.1) is 12.7 Å². The van der Waals surface area contributed by atoms with Gasteiger partial charge in [0.15, 0.2) is 0 Å². The number of sulfonamides is 1. The first kappa shape index (κ1) is 17.0. The van der Waals surface area contributed by atoms with Crippen molar-refractivity contribution in [3.8, 4) is 0 Å². The van der Waals surface area contributed by atoms with E-state index in [0.29, 0.717) is 19.6 Å². The molecule has 1 aromatic heterocycles. The highest BCUT2D eigenvalue weighted by Crippen LogP contribution is 2.21. The summed E-state index contributed by atoms with van der Waals surface area (Å²) in [6.07, 6.45) is 1.09. The quantitative estimate of drug-likeness (QED) is 0.813. The maximum Gasteiger partial charge on any atom is 0.341 e. The van der Waals surface area contributed by atoms with Gasteiger partial charge in [-0.05, 0) is 6.92 Å². The smallest absolute Gasteiger partial charge is 0.341 e. The van der Waals surface area contributed by atoms with E-state index in [1.165, 1.54) is 17.5 Å². The summed E-state index contributed by atoms with van der Waals surface area (Å²) >= 11 is 0. The molecule has 9 heteroatoms. The lowest BCUT2D eigenvalue weighted by molar-refractivity contribution is 0.0600.